The Hall–Kier alpha value is -1.44. The number of rotatable bonds is 1. The van der Waals surface area contributed by atoms with E-state index in [2.05, 4.69) is 5.32 Å². The van der Waals surface area contributed by atoms with E-state index < -0.39 is 5.54 Å². The molecule has 0 amide bonds. The predicted molar refractivity (Wildman–Crippen MR) is 75.2 cm³/mol. The lowest BCUT2D eigenvalue weighted by Crippen LogP contribution is -2.50. The number of nitriles is 1. The molecule has 0 saturated carbocycles. The molecule has 0 fully saturated rings. The van der Waals surface area contributed by atoms with Crippen LogP contribution in [0.4, 0.5) is 5.69 Å². The van der Waals surface area contributed by atoms with Gasteiger partial charge in [0.05, 0.1) is 0 Å². The summed E-state index contributed by atoms with van der Waals surface area (Å²) in [5.41, 5.74) is 0.266. The van der Waals surface area contributed by atoms with E-state index >= 15 is 0 Å². The fourth-order valence-corrected chi connectivity index (χ4v) is 2.14. The summed E-state index contributed by atoms with van der Waals surface area (Å²) < 4.78 is 0. The highest BCUT2D eigenvalue weighted by molar-refractivity contribution is 6.35. The summed E-state index contributed by atoms with van der Waals surface area (Å²) in [4.78, 5) is 1.65. The molecule has 4 nitrogen and oxygen atoms in total. The van der Waals surface area contributed by atoms with Crippen molar-refractivity contribution in [3.8, 4) is 6.19 Å². The van der Waals surface area contributed by atoms with Gasteiger partial charge in [-0.1, -0.05) is 23.2 Å². The van der Waals surface area contributed by atoms with Crippen molar-refractivity contribution in [3.63, 3.8) is 0 Å². The minimum absolute atomic E-state index is 0.0247. The van der Waals surface area contributed by atoms with Crippen LogP contribution < -0.4 is 10.2 Å². The number of guanidine groups is 1. The molecule has 0 unspecified atom stereocenters. The SMILES string of the molecule is CC(C)(C)N(C(=N)NC#N)c1cc(Cl)cc(Cl)c1. The van der Waals surface area contributed by atoms with Gasteiger partial charge in [0.25, 0.3) is 0 Å². The van der Waals surface area contributed by atoms with Crippen molar-refractivity contribution in [1.82, 2.24) is 5.32 Å². The van der Waals surface area contributed by atoms with Crippen molar-refractivity contribution in [3.05, 3.63) is 28.2 Å². The van der Waals surface area contributed by atoms with Crippen molar-refractivity contribution >= 4 is 34.8 Å². The van der Waals surface area contributed by atoms with Gasteiger partial charge >= 0.3 is 0 Å². The third-order valence-corrected chi connectivity index (χ3v) is 2.61. The standard InChI is InChI=1S/C12H14Cl2N4/c1-12(2,3)18(11(16)17-7-15)10-5-8(13)4-9(14)6-10/h4-6H,1-3H3,(H2,16,17). The number of anilines is 1. The summed E-state index contributed by atoms with van der Waals surface area (Å²) >= 11 is 11.9. The molecule has 0 spiro atoms. The molecular formula is C12H14Cl2N4. The molecule has 0 aromatic heterocycles. The van der Waals surface area contributed by atoms with E-state index in [0.29, 0.717) is 15.7 Å². The molecule has 0 radical (unpaired) electrons. The number of benzene rings is 1. The van der Waals surface area contributed by atoms with Gasteiger partial charge in [0.15, 0.2) is 6.19 Å². The van der Waals surface area contributed by atoms with Crippen molar-refractivity contribution in [1.29, 1.82) is 10.7 Å². The Morgan fingerprint density at radius 2 is 1.78 bits per heavy atom. The van der Waals surface area contributed by atoms with Crippen LogP contribution in [0.3, 0.4) is 0 Å². The van der Waals surface area contributed by atoms with Crippen LogP contribution in [0, 0.1) is 16.9 Å². The first-order valence-corrected chi connectivity index (χ1v) is 6.01. The second kappa shape index (κ2) is 5.47. The molecule has 18 heavy (non-hydrogen) atoms. The third kappa shape index (κ3) is 3.52. The summed E-state index contributed by atoms with van der Waals surface area (Å²) in [5, 5.41) is 19.8. The first kappa shape index (κ1) is 14.6. The highest BCUT2D eigenvalue weighted by Crippen LogP contribution is 2.29. The summed E-state index contributed by atoms with van der Waals surface area (Å²) in [7, 11) is 0. The smallest absolute Gasteiger partial charge is 0.209 e. The zero-order valence-electron chi connectivity index (χ0n) is 10.4. The monoisotopic (exact) mass is 284 g/mol. The number of nitrogens with zero attached hydrogens (tertiary/aromatic N) is 2. The number of halogens is 2. The van der Waals surface area contributed by atoms with Crippen LogP contribution in [0.2, 0.25) is 10.0 Å². The molecule has 0 bridgehead atoms. The lowest BCUT2D eigenvalue weighted by molar-refractivity contribution is 0.565. The average molecular weight is 285 g/mol. The van der Waals surface area contributed by atoms with E-state index in [9.17, 15) is 0 Å². The lowest BCUT2D eigenvalue weighted by Gasteiger charge is -2.36. The van der Waals surface area contributed by atoms with E-state index in [4.69, 9.17) is 33.9 Å². The molecule has 0 aliphatic heterocycles. The van der Waals surface area contributed by atoms with Gasteiger partial charge in [0.1, 0.15) is 0 Å². The van der Waals surface area contributed by atoms with Gasteiger partial charge in [0.2, 0.25) is 5.96 Å². The highest BCUT2D eigenvalue weighted by Gasteiger charge is 2.26. The fourth-order valence-electron chi connectivity index (χ4n) is 1.63. The van der Waals surface area contributed by atoms with Gasteiger partial charge in [-0.05, 0) is 39.0 Å². The first-order chi connectivity index (χ1) is 8.25. The van der Waals surface area contributed by atoms with Gasteiger partial charge in [-0.15, -0.1) is 0 Å². The normalized spacial score (nSPS) is 10.7. The highest BCUT2D eigenvalue weighted by atomic mass is 35.5. The lowest BCUT2D eigenvalue weighted by atomic mass is 10.1. The van der Waals surface area contributed by atoms with Crippen molar-refractivity contribution in [2.45, 2.75) is 26.3 Å². The molecule has 0 aliphatic carbocycles. The van der Waals surface area contributed by atoms with Gasteiger partial charge in [0, 0.05) is 21.3 Å². The van der Waals surface area contributed by atoms with E-state index in [1.165, 1.54) is 0 Å². The van der Waals surface area contributed by atoms with Gasteiger partial charge in [-0.25, -0.2) is 0 Å². The van der Waals surface area contributed by atoms with Crippen LogP contribution in [-0.4, -0.2) is 11.5 Å². The molecule has 6 heteroatoms. The Kier molecular flexibility index (Phi) is 4.44. The molecule has 0 saturated heterocycles. The Morgan fingerprint density at radius 1 is 1.28 bits per heavy atom. The van der Waals surface area contributed by atoms with E-state index in [1.54, 1.807) is 29.3 Å². The molecule has 2 N–H and O–H groups in total. The Labute approximate surface area is 117 Å². The number of hydrogen-bond acceptors (Lipinski definition) is 2. The molecule has 1 aromatic rings. The molecule has 1 rings (SSSR count). The third-order valence-electron chi connectivity index (χ3n) is 2.17. The first-order valence-electron chi connectivity index (χ1n) is 5.25. The van der Waals surface area contributed by atoms with Crippen LogP contribution in [0.5, 0.6) is 0 Å². The Balaban J connectivity index is 3.27. The molecule has 0 atom stereocenters. The summed E-state index contributed by atoms with van der Waals surface area (Å²) in [5.74, 6) is -0.0247. The van der Waals surface area contributed by atoms with Crippen LogP contribution in [0.25, 0.3) is 0 Å². The maximum absolute atomic E-state index is 8.63. The topological polar surface area (TPSA) is 62.9 Å². The van der Waals surface area contributed by atoms with E-state index in [0.717, 1.165) is 0 Å². The second-order valence-corrected chi connectivity index (χ2v) is 5.59. The maximum Gasteiger partial charge on any atom is 0.209 e. The largest absolute Gasteiger partial charge is 0.307 e. The average Bonchev–Trinajstić information content (AvgIpc) is 2.13. The molecule has 0 aliphatic rings. The number of nitrogens with one attached hydrogen (secondary N) is 2. The van der Waals surface area contributed by atoms with Crippen LogP contribution >= 0.6 is 23.2 Å². The van der Waals surface area contributed by atoms with Gasteiger partial charge in [-0.2, -0.15) is 5.26 Å². The van der Waals surface area contributed by atoms with Gasteiger partial charge in [-0.3, -0.25) is 10.7 Å². The molecule has 96 valence electrons. The van der Waals surface area contributed by atoms with E-state index in [-0.39, 0.29) is 5.96 Å². The maximum atomic E-state index is 8.63. The van der Waals surface area contributed by atoms with E-state index in [1.807, 2.05) is 20.8 Å². The zero-order valence-corrected chi connectivity index (χ0v) is 11.9. The Bertz CT molecular complexity index is 480. The Morgan fingerprint density at radius 3 is 2.17 bits per heavy atom. The summed E-state index contributed by atoms with van der Waals surface area (Å²) in [6, 6.07) is 5.02. The number of hydrogen-bond donors (Lipinski definition) is 2. The summed E-state index contributed by atoms with van der Waals surface area (Å²) in [6.45, 7) is 5.78. The minimum Gasteiger partial charge on any atom is -0.307 e. The molecule has 1 aromatic carbocycles. The van der Waals surface area contributed by atoms with Crippen molar-refractivity contribution in [2.75, 3.05) is 4.90 Å². The second-order valence-electron chi connectivity index (χ2n) is 4.72. The van der Waals surface area contributed by atoms with Crippen LogP contribution in [0.1, 0.15) is 20.8 Å². The van der Waals surface area contributed by atoms with Crippen molar-refractivity contribution < 1.29 is 0 Å². The fraction of sp³-hybridized carbons (Fsp3) is 0.333. The quantitative estimate of drug-likeness (QED) is 0.358. The minimum atomic E-state index is -0.394. The zero-order chi connectivity index (χ0) is 13.9. The predicted octanol–water partition coefficient (Wildman–Crippen LogP) is 3.60. The van der Waals surface area contributed by atoms with Crippen molar-refractivity contribution in [2.24, 2.45) is 0 Å². The summed E-state index contributed by atoms with van der Waals surface area (Å²) in [6.07, 6.45) is 1.74. The van der Waals surface area contributed by atoms with Gasteiger partial charge < -0.3 is 4.90 Å². The molecular weight excluding hydrogens is 271 g/mol. The van der Waals surface area contributed by atoms with Crippen LogP contribution in [0.15, 0.2) is 18.2 Å². The van der Waals surface area contributed by atoms with Crippen LogP contribution in [-0.2, 0) is 0 Å². The molecule has 0 heterocycles.